The van der Waals surface area contributed by atoms with Crippen LogP contribution in [0.4, 0.5) is 5.69 Å². The zero-order chi connectivity index (χ0) is 24.1. The quantitative estimate of drug-likeness (QED) is 0.481. The zero-order valence-electron chi connectivity index (χ0n) is 19.3. The lowest BCUT2D eigenvalue weighted by molar-refractivity contribution is -0.123. The summed E-state index contributed by atoms with van der Waals surface area (Å²) in [4.78, 5) is 40.9. The summed E-state index contributed by atoms with van der Waals surface area (Å²) in [7, 11) is 1.57. The second-order valence-corrected chi connectivity index (χ2v) is 8.42. The van der Waals surface area contributed by atoms with Crippen molar-refractivity contribution in [1.82, 2.24) is 5.32 Å². The minimum Gasteiger partial charge on any atom is -0.497 e. The lowest BCUT2D eigenvalue weighted by atomic mass is 10.0. The summed E-state index contributed by atoms with van der Waals surface area (Å²) >= 11 is 0. The molecule has 0 aliphatic heterocycles. The van der Waals surface area contributed by atoms with Gasteiger partial charge in [0.1, 0.15) is 11.8 Å². The first-order valence-corrected chi connectivity index (χ1v) is 11.4. The smallest absolute Gasteiger partial charge is 0.294 e. The molecule has 1 aromatic heterocycles. The molecule has 1 saturated carbocycles. The van der Waals surface area contributed by atoms with Gasteiger partial charge in [0.05, 0.1) is 13.4 Å². The Kier molecular flexibility index (Phi) is 7.11. The van der Waals surface area contributed by atoms with Crippen LogP contribution >= 0.6 is 0 Å². The SMILES string of the molecule is COc1ccc([C@H](C(=O)NC2CCCC2)N(C(=O)c2ccco2)c2cccc(C(C)=O)c2)cc1. The van der Waals surface area contributed by atoms with Crippen molar-refractivity contribution in [1.29, 1.82) is 0 Å². The van der Waals surface area contributed by atoms with Crippen molar-refractivity contribution < 1.29 is 23.5 Å². The van der Waals surface area contributed by atoms with Crippen LogP contribution in [0.1, 0.15) is 65.1 Å². The number of Topliss-reactive ketones (excluding diaryl/α,β-unsaturated/α-hetero) is 1. The number of methoxy groups -OCH3 is 1. The van der Waals surface area contributed by atoms with Gasteiger partial charge in [-0.1, -0.05) is 37.1 Å². The van der Waals surface area contributed by atoms with Gasteiger partial charge in [-0.05, 0) is 61.7 Å². The highest BCUT2D eigenvalue weighted by Crippen LogP contribution is 2.32. The molecule has 2 amide bonds. The predicted octanol–water partition coefficient (Wildman–Crippen LogP) is 4.94. The molecule has 0 spiro atoms. The first-order valence-electron chi connectivity index (χ1n) is 11.4. The Hall–Kier alpha value is -3.87. The van der Waals surface area contributed by atoms with Crippen molar-refractivity contribution in [2.45, 2.75) is 44.7 Å². The molecule has 1 atom stereocenters. The zero-order valence-corrected chi connectivity index (χ0v) is 19.3. The molecule has 4 rings (SSSR count). The number of anilines is 1. The van der Waals surface area contributed by atoms with Gasteiger partial charge in [0.25, 0.3) is 5.91 Å². The van der Waals surface area contributed by atoms with E-state index in [1.165, 1.54) is 18.1 Å². The highest BCUT2D eigenvalue weighted by Gasteiger charge is 2.36. The minimum absolute atomic E-state index is 0.0670. The monoisotopic (exact) mass is 460 g/mol. The molecule has 1 aliphatic carbocycles. The van der Waals surface area contributed by atoms with Gasteiger partial charge >= 0.3 is 0 Å². The molecule has 0 bridgehead atoms. The van der Waals surface area contributed by atoms with Crippen LogP contribution in [0, 0.1) is 0 Å². The van der Waals surface area contributed by atoms with Crippen LogP contribution in [0.25, 0.3) is 0 Å². The van der Waals surface area contributed by atoms with Gasteiger partial charge < -0.3 is 14.5 Å². The first-order chi connectivity index (χ1) is 16.5. The van der Waals surface area contributed by atoms with E-state index < -0.39 is 11.9 Å². The van der Waals surface area contributed by atoms with E-state index in [4.69, 9.17) is 9.15 Å². The van der Waals surface area contributed by atoms with Gasteiger partial charge in [0.2, 0.25) is 5.91 Å². The summed E-state index contributed by atoms with van der Waals surface area (Å²) in [5.74, 6) is -0.163. The average Bonchev–Trinajstić information content (AvgIpc) is 3.57. The van der Waals surface area contributed by atoms with Gasteiger partial charge in [-0.15, -0.1) is 0 Å². The number of nitrogens with zero attached hydrogens (tertiary/aromatic N) is 1. The number of carbonyl (C=O) groups excluding carboxylic acids is 3. The molecule has 3 aromatic rings. The van der Waals surface area contributed by atoms with E-state index in [0.29, 0.717) is 22.6 Å². The van der Waals surface area contributed by atoms with Crippen LogP contribution < -0.4 is 15.0 Å². The van der Waals surface area contributed by atoms with Crippen LogP contribution in [0.15, 0.2) is 71.3 Å². The largest absolute Gasteiger partial charge is 0.497 e. The fourth-order valence-electron chi connectivity index (χ4n) is 4.33. The normalized spacial score (nSPS) is 14.4. The standard InChI is InChI=1S/C27H28N2O5/c1-18(30)20-7-5-10-22(17-20)29(27(32)24-11-6-16-34-24)25(19-12-14-23(33-2)15-13-19)26(31)28-21-8-3-4-9-21/h5-7,10-17,21,25H,3-4,8-9H2,1-2H3,(H,28,31)/t25-/m1/s1. The van der Waals surface area contributed by atoms with E-state index in [0.717, 1.165) is 25.7 Å². The van der Waals surface area contributed by atoms with Crippen LogP contribution in [-0.4, -0.2) is 30.7 Å². The van der Waals surface area contributed by atoms with E-state index in [1.807, 2.05) is 0 Å². The maximum atomic E-state index is 13.7. The van der Waals surface area contributed by atoms with Crippen molar-refractivity contribution in [3.63, 3.8) is 0 Å². The molecular formula is C27H28N2O5. The lowest BCUT2D eigenvalue weighted by Gasteiger charge is -2.32. The molecular weight excluding hydrogens is 432 g/mol. The van der Waals surface area contributed by atoms with Gasteiger partial charge in [0.15, 0.2) is 11.5 Å². The van der Waals surface area contributed by atoms with Gasteiger partial charge in [0, 0.05) is 17.3 Å². The number of rotatable bonds is 8. The minimum atomic E-state index is -0.980. The highest BCUT2D eigenvalue weighted by molar-refractivity contribution is 6.09. The average molecular weight is 461 g/mol. The van der Waals surface area contributed by atoms with Crippen LogP contribution in [0.2, 0.25) is 0 Å². The fraction of sp³-hybridized carbons (Fsp3) is 0.296. The van der Waals surface area contributed by atoms with E-state index in [9.17, 15) is 14.4 Å². The Balaban J connectivity index is 1.83. The molecule has 176 valence electrons. The van der Waals surface area contributed by atoms with Crippen molar-refractivity contribution in [2.75, 3.05) is 12.0 Å². The first kappa shape index (κ1) is 23.3. The topological polar surface area (TPSA) is 88.8 Å². The number of furan rings is 1. The summed E-state index contributed by atoms with van der Waals surface area (Å²) in [6, 6.07) is 16.1. The van der Waals surface area contributed by atoms with Gasteiger partial charge in [-0.25, -0.2) is 0 Å². The number of carbonyl (C=O) groups is 3. The Morgan fingerprint density at radius 1 is 1.03 bits per heavy atom. The molecule has 1 fully saturated rings. The van der Waals surface area contributed by atoms with Crippen LogP contribution in [0.3, 0.4) is 0 Å². The van der Waals surface area contributed by atoms with Gasteiger partial charge in [-0.2, -0.15) is 0 Å². The Morgan fingerprint density at radius 2 is 1.76 bits per heavy atom. The number of benzene rings is 2. The lowest BCUT2D eigenvalue weighted by Crippen LogP contribution is -2.46. The number of ketones is 1. The molecule has 0 radical (unpaired) electrons. The highest BCUT2D eigenvalue weighted by atomic mass is 16.5. The Morgan fingerprint density at radius 3 is 2.38 bits per heavy atom. The summed E-state index contributed by atoms with van der Waals surface area (Å²) in [6.45, 7) is 1.46. The Labute approximate surface area is 198 Å². The second-order valence-electron chi connectivity index (χ2n) is 8.42. The van der Waals surface area contributed by atoms with Crippen molar-refractivity contribution >= 4 is 23.3 Å². The molecule has 7 nitrogen and oxygen atoms in total. The van der Waals surface area contributed by atoms with E-state index in [1.54, 1.807) is 67.8 Å². The van der Waals surface area contributed by atoms with E-state index in [-0.39, 0.29) is 23.5 Å². The second kappa shape index (κ2) is 10.4. The Bertz CT molecular complexity index is 1150. The van der Waals surface area contributed by atoms with Gasteiger partial charge in [-0.3, -0.25) is 19.3 Å². The van der Waals surface area contributed by atoms with E-state index >= 15 is 0 Å². The third kappa shape index (κ3) is 5.03. The summed E-state index contributed by atoms with van der Waals surface area (Å²) in [5, 5.41) is 3.13. The van der Waals surface area contributed by atoms with Crippen molar-refractivity contribution in [3.05, 3.63) is 83.8 Å². The van der Waals surface area contributed by atoms with Crippen LogP contribution in [-0.2, 0) is 4.79 Å². The van der Waals surface area contributed by atoms with E-state index in [2.05, 4.69) is 5.32 Å². The maximum Gasteiger partial charge on any atom is 0.294 e. The molecule has 1 heterocycles. The van der Waals surface area contributed by atoms with Crippen molar-refractivity contribution in [3.8, 4) is 5.75 Å². The molecule has 1 N–H and O–H groups in total. The summed E-state index contributed by atoms with van der Waals surface area (Å²) < 4.78 is 10.7. The maximum absolute atomic E-state index is 13.7. The number of ether oxygens (including phenoxy) is 1. The summed E-state index contributed by atoms with van der Waals surface area (Å²) in [6.07, 6.45) is 5.36. The number of hydrogen-bond acceptors (Lipinski definition) is 5. The summed E-state index contributed by atoms with van der Waals surface area (Å²) in [5.41, 5.74) is 1.49. The van der Waals surface area contributed by atoms with Crippen LogP contribution in [0.5, 0.6) is 5.75 Å². The third-order valence-corrected chi connectivity index (χ3v) is 6.12. The molecule has 0 unspecified atom stereocenters. The number of nitrogens with one attached hydrogen (secondary N) is 1. The molecule has 1 aliphatic rings. The predicted molar refractivity (Wildman–Crippen MR) is 128 cm³/mol. The number of amides is 2. The molecule has 7 heteroatoms. The fourth-order valence-corrected chi connectivity index (χ4v) is 4.33. The van der Waals surface area contributed by atoms with Crippen molar-refractivity contribution in [2.24, 2.45) is 0 Å². The molecule has 34 heavy (non-hydrogen) atoms. The third-order valence-electron chi connectivity index (χ3n) is 6.12. The molecule has 2 aromatic carbocycles. The molecule has 0 saturated heterocycles. The number of hydrogen-bond donors (Lipinski definition) is 1.